The van der Waals surface area contributed by atoms with E-state index in [9.17, 15) is 9.18 Å². The molecule has 1 saturated carbocycles. The SMILES string of the molecule is CC(C)C(C)N(C(=O)CCCc1nc(-c2ccc(F)cc2)no1)C1CC1. The minimum atomic E-state index is -0.299. The van der Waals surface area contributed by atoms with E-state index in [0.29, 0.717) is 48.5 Å². The summed E-state index contributed by atoms with van der Waals surface area (Å²) in [5.74, 6) is 1.32. The molecule has 140 valence electrons. The molecule has 0 N–H and O–H groups in total. The molecule has 1 heterocycles. The summed E-state index contributed by atoms with van der Waals surface area (Å²) in [7, 11) is 0. The average Bonchev–Trinajstić information content (AvgIpc) is 3.33. The van der Waals surface area contributed by atoms with Crippen molar-refractivity contribution in [2.75, 3.05) is 0 Å². The molecule has 1 unspecified atom stereocenters. The summed E-state index contributed by atoms with van der Waals surface area (Å²) >= 11 is 0. The van der Waals surface area contributed by atoms with Crippen molar-refractivity contribution in [3.63, 3.8) is 0 Å². The summed E-state index contributed by atoms with van der Waals surface area (Å²) in [5, 5.41) is 3.93. The number of rotatable bonds is 8. The highest BCUT2D eigenvalue weighted by atomic mass is 19.1. The van der Waals surface area contributed by atoms with Gasteiger partial charge in [-0.05, 0) is 56.4 Å². The highest BCUT2D eigenvalue weighted by Gasteiger charge is 2.36. The Hall–Kier alpha value is -2.24. The summed E-state index contributed by atoms with van der Waals surface area (Å²) in [5.41, 5.74) is 0.711. The Morgan fingerprint density at radius 3 is 2.58 bits per heavy atom. The zero-order valence-corrected chi connectivity index (χ0v) is 15.6. The molecule has 6 heteroatoms. The van der Waals surface area contributed by atoms with Crippen molar-refractivity contribution in [3.05, 3.63) is 36.0 Å². The second-order valence-corrected chi connectivity index (χ2v) is 7.39. The maximum Gasteiger partial charge on any atom is 0.226 e. The fraction of sp³-hybridized carbons (Fsp3) is 0.550. The van der Waals surface area contributed by atoms with Gasteiger partial charge in [-0.2, -0.15) is 4.98 Å². The number of hydrogen-bond acceptors (Lipinski definition) is 4. The van der Waals surface area contributed by atoms with E-state index in [0.717, 1.165) is 12.8 Å². The molecule has 0 bridgehead atoms. The molecule has 2 aromatic rings. The van der Waals surface area contributed by atoms with E-state index in [1.165, 1.54) is 12.1 Å². The summed E-state index contributed by atoms with van der Waals surface area (Å²) in [6.45, 7) is 6.44. The van der Waals surface area contributed by atoms with Crippen LogP contribution in [0.2, 0.25) is 0 Å². The lowest BCUT2D eigenvalue weighted by Crippen LogP contribution is -2.43. The number of hydrogen-bond donors (Lipinski definition) is 0. The quantitative estimate of drug-likeness (QED) is 0.707. The van der Waals surface area contributed by atoms with Crippen LogP contribution >= 0.6 is 0 Å². The number of aryl methyl sites for hydroxylation is 1. The van der Waals surface area contributed by atoms with Crippen molar-refractivity contribution < 1.29 is 13.7 Å². The van der Waals surface area contributed by atoms with E-state index in [1.807, 2.05) is 0 Å². The van der Waals surface area contributed by atoms with Crippen molar-refractivity contribution in [1.82, 2.24) is 15.0 Å². The Labute approximate surface area is 153 Å². The molecule has 0 radical (unpaired) electrons. The van der Waals surface area contributed by atoms with Gasteiger partial charge < -0.3 is 9.42 Å². The molecule has 1 aliphatic rings. The van der Waals surface area contributed by atoms with Gasteiger partial charge in [0.25, 0.3) is 0 Å². The molecule has 1 aromatic carbocycles. The average molecular weight is 359 g/mol. The van der Waals surface area contributed by atoms with E-state index in [1.54, 1.807) is 12.1 Å². The highest BCUT2D eigenvalue weighted by molar-refractivity contribution is 5.77. The molecular formula is C20H26FN3O2. The van der Waals surface area contributed by atoms with Gasteiger partial charge in [-0.15, -0.1) is 0 Å². The Bertz CT molecular complexity index is 738. The largest absolute Gasteiger partial charge is 0.339 e. The fourth-order valence-corrected chi connectivity index (χ4v) is 3.03. The third kappa shape index (κ3) is 4.48. The van der Waals surface area contributed by atoms with E-state index in [2.05, 4.69) is 35.8 Å². The van der Waals surface area contributed by atoms with Crippen molar-refractivity contribution in [3.8, 4) is 11.4 Å². The van der Waals surface area contributed by atoms with E-state index in [4.69, 9.17) is 4.52 Å². The Kier molecular flexibility index (Phi) is 5.69. The van der Waals surface area contributed by atoms with E-state index >= 15 is 0 Å². The first kappa shape index (κ1) is 18.5. The lowest BCUT2D eigenvalue weighted by Gasteiger charge is -2.32. The number of aromatic nitrogens is 2. The minimum absolute atomic E-state index is 0.215. The predicted molar refractivity (Wildman–Crippen MR) is 96.8 cm³/mol. The van der Waals surface area contributed by atoms with Crippen molar-refractivity contribution >= 4 is 5.91 Å². The topological polar surface area (TPSA) is 59.2 Å². The molecule has 0 spiro atoms. The molecule has 1 aliphatic carbocycles. The normalized spacial score (nSPS) is 15.3. The molecule has 0 saturated heterocycles. The van der Waals surface area contributed by atoms with Crippen molar-refractivity contribution in [2.24, 2.45) is 5.92 Å². The van der Waals surface area contributed by atoms with Crippen molar-refractivity contribution in [1.29, 1.82) is 0 Å². The second kappa shape index (κ2) is 7.98. The molecule has 5 nitrogen and oxygen atoms in total. The van der Waals surface area contributed by atoms with Gasteiger partial charge in [0.05, 0.1) is 0 Å². The Morgan fingerprint density at radius 1 is 1.27 bits per heavy atom. The number of carbonyl (C=O) groups excluding carboxylic acids is 1. The summed E-state index contributed by atoms with van der Waals surface area (Å²) < 4.78 is 18.2. The summed E-state index contributed by atoms with van der Waals surface area (Å²) in [4.78, 5) is 19.1. The third-order valence-corrected chi connectivity index (χ3v) is 4.98. The summed E-state index contributed by atoms with van der Waals surface area (Å²) in [6, 6.07) is 6.67. The van der Waals surface area contributed by atoms with Crippen molar-refractivity contribution in [2.45, 2.75) is 65.0 Å². The first-order valence-corrected chi connectivity index (χ1v) is 9.35. The Balaban J connectivity index is 1.53. The molecule has 0 aliphatic heterocycles. The van der Waals surface area contributed by atoms with Crippen LogP contribution in [-0.2, 0) is 11.2 Å². The van der Waals surface area contributed by atoms with E-state index < -0.39 is 0 Å². The number of halogens is 1. The van der Waals surface area contributed by atoms with Gasteiger partial charge in [0.2, 0.25) is 17.6 Å². The zero-order valence-electron chi connectivity index (χ0n) is 15.6. The third-order valence-electron chi connectivity index (χ3n) is 4.98. The molecule has 26 heavy (non-hydrogen) atoms. The monoisotopic (exact) mass is 359 g/mol. The van der Waals surface area contributed by atoms with E-state index in [-0.39, 0.29) is 17.8 Å². The van der Waals surface area contributed by atoms with Gasteiger partial charge in [0.1, 0.15) is 5.82 Å². The second-order valence-electron chi connectivity index (χ2n) is 7.39. The molecule has 1 aromatic heterocycles. The molecule has 1 atom stereocenters. The van der Waals surface area contributed by atoms with Crippen LogP contribution in [0, 0.1) is 11.7 Å². The molecule has 1 amide bonds. The maximum atomic E-state index is 13.0. The van der Waals surface area contributed by atoms with Crippen LogP contribution < -0.4 is 0 Å². The number of amides is 1. The Morgan fingerprint density at radius 2 is 1.96 bits per heavy atom. The number of benzene rings is 1. The smallest absolute Gasteiger partial charge is 0.226 e. The van der Waals surface area contributed by atoms with Crippen LogP contribution in [0.15, 0.2) is 28.8 Å². The van der Waals surface area contributed by atoms with Crippen LogP contribution in [0.5, 0.6) is 0 Å². The van der Waals surface area contributed by atoms with Crippen LogP contribution in [0.4, 0.5) is 4.39 Å². The van der Waals surface area contributed by atoms with Gasteiger partial charge in [0.15, 0.2) is 0 Å². The maximum absolute atomic E-state index is 13.0. The van der Waals surface area contributed by atoms with Crippen LogP contribution in [0.25, 0.3) is 11.4 Å². The van der Waals surface area contributed by atoms with Crippen LogP contribution in [0.1, 0.15) is 52.3 Å². The zero-order chi connectivity index (χ0) is 18.7. The standard InChI is InChI=1S/C20H26FN3O2/c1-13(2)14(3)24(17-11-12-17)19(25)6-4-5-18-22-20(23-26-18)15-7-9-16(21)10-8-15/h7-10,13-14,17H,4-6,11-12H2,1-3H3. The molecule has 3 rings (SSSR count). The minimum Gasteiger partial charge on any atom is -0.339 e. The fourth-order valence-electron chi connectivity index (χ4n) is 3.03. The van der Waals surface area contributed by atoms with Crippen LogP contribution in [-0.4, -0.2) is 33.0 Å². The first-order valence-electron chi connectivity index (χ1n) is 9.35. The van der Waals surface area contributed by atoms with Gasteiger partial charge in [-0.1, -0.05) is 19.0 Å². The predicted octanol–water partition coefficient (Wildman–Crippen LogP) is 4.23. The molecule has 1 fully saturated rings. The highest BCUT2D eigenvalue weighted by Crippen LogP contribution is 2.31. The lowest BCUT2D eigenvalue weighted by atomic mass is 10.0. The number of carbonyl (C=O) groups is 1. The van der Waals surface area contributed by atoms with Gasteiger partial charge in [0, 0.05) is 30.5 Å². The van der Waals surface area contributed by atoms with Gasteiger partial charge in [-0.3, -0.25) is 4.79 Å². The summed E-state index contributed by atoms with van der Waals surface area (Å²) in [6.07, 6.45) is 3.97. The first-order chi connectivity index (χ1) is 12.5. The van der Waals surface area contributed by atoms with Crippen LogP contribution in [0.3, 0.4) is 0 Å². The number of nitrogens with zero attached hydrogens (tertiary/aromatic N) is 3. The molecular weight excluding hydrogens is 333 g/mol. The lowest BCUT2D eigenvalue weighted by molar-refractivity contribution is -0.134. The van der Waals surface area contributed by atoms with Gasteiger partial charge >= 0.3 is 0 Å². The van der Waals surface area contributed by atoms with Gasteiger partial charge in [-0.25, -0.2) is 4.39 Å².